The Morgan fingerprint density at radius 1 is 1.13 bits per heavy atom. The molecule has 2 aromatic rings. The summed E-state index contributed by atoms with van der Waals surface area (Å²) in [4.78, 5) is 27.0. The zero-order chi connectivity index (χ0) is 16.4. The van der Waals surface area contributed by atoms with Gasteiger partial charge in [0.15, 0.2) is 5.69 Å². The second-order valence-electron chi connectivity index (χ2n) is 5.62. The highest BCUT2D eigenvalue weighted by Crippen LogP contribution is 2.40. The molecule has 6 heteroatoms. The number of rotatable bonds is 3. The van der Waals surface area contributed by atoms with Gasteiger partial charge in [0.1, 0.15) is 0 Å². The molecule has 0 aliphatic heterocycles. The number of nitrogens with zero attached hydrogens (tertiary/aromatic N) is 1. The number of hydrogen-bond donors (Lipinski definition) is 3. The average molecular weight is 310 g/mol. The Morgan fingerprint density at radius 3 is 2.65 bits per heavy atom. The van der Waals surface area contributed by atoms with Crippen LogP contribution in [-0.2, 0) is 6.42 Å². The van der Waals surface area contributed by atoms with Crippen molar-refractivity contribution in [2.45, 2.75) is 25.2 Å². The number of aromatic nitrogens is 1. The van der Waals surface area contributed by atoms with Crippen molar-refractivity contribution in [1.29, 1.82) is 0 Å². The Kier molecular flexibility index (Phi) is 3.97. The van der Waals surface area contributed by atoms with Crippen molar-refractivity contribution in [1.82, 2.24) is 4.98 Å². The minimum Gasteiger partial charge on any atom is -0.364 e. The molecule has 0 saturated carbocycles. The van der Waals surface area contributed by atoms with Crippen molar-refractivity contribution >= 4 is 17.6 Å². The van der Waals surface area contributed by atoms with Crippen LogP contribution >= 0.6 is 0 Å². The number of urea groups is 1. The third kappa shape index (κ3) is 2.88. The van der Waals surface area contributed by atoms with E-state index < -0.39 is 11.9 Å². The van der Waals surface area contributed by atoms with Gasteiger partial charge in [-0.2, -0.15) is 0 Å². The maximum Gasteiger partial charge on any atom is 0.316 e. The molecule has 1 aromatic heterocycles. The first-order valence-electron chi connectivity index (χ1n) is 7.51. The van der Waals surface area contributed by atoms with Crippen LogP contribution in [0, 0.1) is 0 Å². The van der Waals surface area contributed by atoms with Crippen LogP contribution in [0.5, 0.6) is 0 Å². The van der Waals surface area contributed by atoms with Gasteiger partial charge in [-0.25, -0.2) is 9.78 Å². The summed E-state index contributed by atoms with van der Waals surface area (Å²) < 4.78 is 0. The van der Waals surface area contributed by atoms with Crippen molar-refractivity contribution in [3.63, 3.8) is 0 Å². The van der Waals surface area contributed by atoms with E-state index in [1.807, 2.05) is 18.2 Å². The number of benzene rings is 1. The summed E-state index contributed by atoms with van der Waals surface area (Å²) in [5.41, 5.74) is 14.3. The molecule has 0 fully saturated rings. The van der Waals surface area contributed by atoms with Gasteiger partial charge in [-0.3, -0.25) is 4.79 Å². The number of carbonyl (C=O) groups is 2. The Bertz CT molecular complexity index is 773. The number of fused-ring (bicyclic) bond motifs is 1. The molecule has 3 amide bonds. The lowest BCUT2D eigenvalue weighted by atomic mass is 9.78. The van der Waals surface area contributed by atoms with Crippen molar-refractivity contribution < 1.29 is 9.59 Å². The predicted octanol–water partition coefficient (Wildman–Crippen LogP) is 2.14. The molecular formula is C17H18N4O2. The van der Waals surface area contributed by atoms with Crippen LogP contribution in [0.2, 0.25) is 0 Å². The monoisotopic (exact) mass is 310 g/mol. The zero-order valence-corrected chi connectivity index (χ0v) is 12.6. The second-order valence-corrected chi connectivity index (χ2v) is 5.62. The number of anilines is 1. The van der Waals surface area contributed by atoms with Crippen LogP contribution in [-0.4, -0.2) is 16.9 Å². The first kappa shape index (κ1) is 15.0. The van der Waals surface area contributed by atoms with Gasteiger partial charge in [-0.15, -0.1) is 0 Å². The molecule has 1 aliphatic carbocycles. The SMILES string of the molecule is NC(=O)Nc1c(C2CCCc3ccccc32)ccnc1C(N)=O. The molecular weight excluding hydrogens is 292 g/mol. The van der Waals surface area contributed by atoms with Crippen LogP contribution in [0.3, 0.4) is 0 Å². The molecule has 118 valence electrons. The first-order valence-corrected chi connectivity index (χ1v) is 7.51. The molecule has 5 N–H and O–H groups in total. The minimum absolute atomic E-state index is 0.0318. The summed E-state index contributed by atoms with van der Waals surface area (Å²) in [6.07, 6.45) is 4.52. The number of pyridine rings is 1. The van der Waals surface area contributed by atoms with Gasteiger partial charge in [0.2, 0.25) is 0 Å². The summed E-state index contributed by atoms with van der Waals surface area (Å²) >= 11 is 0. The standard InChI is InChI=1S/C17H18N4O2/c18-16(22)15-14(21-17(19)23)13(8-9-20-15)12-7-3-5-10-4-1-2-6-11(10)12/h1-2,4,6,8-9,12H,3,5,7H2,(H2,18,22)(H3,19,21,23). The summed E-state index contributed by atoms with van der Waals surface area (Å²) in [7, 11) is 0. The second kappa shape index (κ2) is 6.08. The minimum atomic E-state index is -0.745. The molecule has 3 rings (SSSR count). The Balaban J connectivity index is 2.15. The fraction of sp³-hybridized carbons (Fsp3) is 0.235. The highest BCUT2D eigenvalue weighted by molar-refractivity contribution is 6.01. The summed E-state index contributed by atoms with van der Waals surface area (Å²) in [6.45, 7) is 0. The molecule has 1 atom stereocenters. The van der Waals surface area contributed by atoms with Crippen LogP contribution in [0.15, 0.2) is 36.5 Å². The molecule has 1 aliphatic rings. The number of nitrogens with one attached hydrogen (secondary N) is 1. The fourth-order valence-electron chi connectivity index (χ4n) is 3.29. The first-order chi connectivity index (χ1) is 11.1. The highest BCUT2D eigenvalue weighted by Gasteiger charge is 2.26. The van der Waals surface area contributed by atoms with E-state index in [9.17, 15) is 9.59 Å². The lowest BCUT2D eigenvalue weighted by Gasteiger charge is -2.27. The number of primary amides is 2. The normalized spacial score (nSPS) is 16.4. The predicted molar refractivity (Wildman–Crippen MR) is 87.2 cm³/mol. The van der Waals surface area contributed by atoms with E-state index in [0.29, 0.717) is 5.69 Å². The maximum absolute atomic E-state index is 11.7. The van der Waals surface area contributed by atoms with Gasteiger partial charge in [0.05, 0.1) is 5.69 Å². The maximum atomic E-state index is 11.7. The summed E-state index contributed by atoms with van der Waals surface area (Å²) in [6, 6.07) is 9.27. The molecule has 0 spiro atoms. The van der Waals surface area contributed by atoms with Crippen LogP contribution in [0.25, 0.3) is 0 Å². The van der Waals surface area contributed by atoms with E-state index in [1.165, 1.54) is 11.1 Å². The quantitative estimate of drug-likeness (QED) is 0.807. The Labute approximate surface area is 133 Å². The van der Waals surface area contributed by atoms with Crippen LogP contribution in [0.1, 0.15) is 45.9 Å². The van der Waals surface area contributed by atoms with E-state index in [2.05, 4.69) is 22.4 Å². The van der Waals surface area contributed by atoms with Crippen molar-refractivity contribution in [3.05, 3.63) is 58.9 Å². The van der Waals surface area contributed by atoms with Crippen molar-refractivity contribution in [2.75, 3.05) is 5.32 Å². The topological polar surface area (TPSA) is 111 Å². The molecule has 1 heterocycles. The third-order valence-corrected chi connectivity index (χ3v) is 4.21. The van der Waals surface area contributed by atoms with Crippen molar-refractivity contribution in [2.24, 2.45) is 11.5 Å². The van der Waals surface area contributed by atoms with E-state index >= 15 is 0 Å². The number of nitrogens with two attached hydrogens (primary N) is 2. The number of amides is 3. The smallest absolute Gasteiger partial charge is 0.316 e. The number of aryl methyl sites for hydroxylation is 1. The highest BCUT2D eigenvalue weighted by atomic mass is 16.2. The lowest BCUT2D eigenvalue weighted by molar-refractivity contribution is 0.0996. The zero-order valence-electron chi connectivity index (χ0n) is 12.6. The molecule has 0 radical (unpaired) electrons. The number of hydrogen-bond acceptors (Lipinski definition) is 3. The molecule has 1 unspecified atom stereocenters. The summed E-state index contributed by atoms with van der Waals surface area (Å²) in [5, 5.41) is 2.53. The van der Waals surface area contributed by atoms with Crippen molar-refractivity contribution in [3.8, 4) is 0 Å². The number of carbonyl (C=O) groups excluding carboxylic acids is 2. The van der Waals surface area contributed by atoms with Gasteiger partial charge in [-0.1, -0.05) is 24.3 Å². The van der Waals surface area contributed by atoms with Crippen LogP contribution < -0.4 is 16.8 Å². The largest absolute Gasteiger partial charge is 0.364 e. The Morgan fingerprint density at radius 2 is 1.91 bits per heavy atom. The third-order valence-electron chi connectivity index (χ3n) is 4.21. The van der Waals surface area contributed by atoms with E-state index in [-0.39, 0.29) is 11.6 Å². The van der Waals surface area contributed by atoms with Gasteiger partial charge < -0.3 is 16.8 Å². The van der Waals surface area contributed by atoms with Gasteiger partial charge in [0, 0.05) is 12.1 Å². The van der Waals surface area contributed by atoms with Crippen LogP contribution in [0.4, 0.5) is 10.5 Å². The van der Waals surface area contributed by atoms with Gasteiger partial charge in [-0.05, 0) is 42.0 Å². The van der Waals surface area contributed by atoms with E-state index in [0.717, 1.165) is 24.8 Å². The van der Waals surface area contributed by atoms with E-state index in [4.69, 9.17) is 11.5 Å². The molecule has 0 saturated heterocycles. The molecule has 1 aromatic carbocycles. The average Bonchev–Trinajstić information content (AvgIpc) is 2.54. The Hall–Kier alpha value is -2.89. The van der Waals surface area contributed by atoms with E-state index in [1.54, 1.807) is 6.20 Å². The lowest BCUT2D eigenvalue weighted by Crippen LogP contribution is -2.26. The fourth-order valence-corrected chi connectivity index (χ4v) is 3.29. The molecule has 23 heavy (non-hydrogen) atoms. The van der Waals surface area contributed by atoms with Gasteiger partial charge in [0.25, 0.3) is 5.91 Å². The molecule has 0 bridgehead atoms. The summed E-state index contributed by atoms with van der Waals surface area (Å²) in [5.74, 6) is -0.623. The molecule has 6 nitrogen and oxygen atoms in total. The van der Waals surface area contributed by atoms with Gasteiger partial charge >= 0.3 is 6.03 Å².